The summed E-state index contributed by atoms with van der Waals surface area (Å²) < 4.78 is 29.5. The summed E-state index contributed by atoms with van der Waals surface area (Å²) >= 11 is 0. The number of piperazine rings is 1. The van der Waals surface area contributed by atoms with Crippen LogP contribution in [0.1, 0.15) is 46.2 Å². The average Bonchev–Trinajstić information content (AvgIpc) is 3.47. The zero-order valence-electron chi connectivity index (χ0n) is 17.4. The third kappa shape index (κ3) is 4.04. The van der Waals surface area contributed by atoms with Gasteiger partial charge in [0.25, 0.3) is 0 Å². The molecule has 7 heteroatoms. The fourth-order valence-electron chi connectivity index (χ4n) is 4.36. The van der Waals surface area contributed by atoms with E-state index in [-0.39, 0.29) is 5.78 Å². The molecule has 1 aliphatic heterocycles. The minimum atomic E-state index is -3.46. The Labute approximate surface area is 173 Å². The first-order chi connectivity index (χ1) is 13.8. The van der Waals surface area contributed by atoms with Gasteiger partial charge in [0.1, 0.15) is 6.54 Å². The van der Waals surface area contributed by atoms with Crippen LogP contribution in [-0.2, 0) is 10.0 Å². The standard InChI is InChI=1S/C22H29N3O3S/c1-16-4-8-20(9-5-16)29(27,28)24-12-10-23(11-13-24)15-22(26)21-14-17(2)25(18(21)3)19-6-7-19/h4-5,8-9,14,19H,6-7,10-13,15H2,1-3H3/p+1. The summed E-state index contributed by atoms with van der Waals surface area (Å²) in [4.78, 5) is 14.4. The average molecular weight is 417 g/mol. The molecule has 156 valence electrons. The molecule has 0 spiro atoms. The molecule has 0 unspecified atom stereocenters. The predicted octanol–water partition coefficient (Wildman–Crippen LogP) is 1.52. The van der Waals surface area contributed by atoms with Gasteiger partial charge in [-0.1, -0.05) is 17.7 Å². The van der Waals surface area contributed by atoms with E-state index in [1.165, 1.54) is 12.8 Å². The molecule has 1 aliphatic carbocycles. The van der Waals surface area contributed by atoms with E-state index in [0.29, 0.717) is 43.7 Å². The van der Waals surface area contributed by atoms with Crippen molar-refractivity contribution < 1.29 is 18.1 Å². The molecular formula is C22H30N3O3S+. The predicted molar refractivity (Wildman–Crippen MR) is 112 cm³/mol. The van der Waals surface area contributed by atoms with Gasteiger partial charge in [-0.2, -0.15) is 4.31 Å². The molecule has 2 heterocycles. The van der Waals surface area contributed by atoms with Crippen LogP contribution in [0.25, 0.3) is 0 Å². The highest BCUT2D eigenvalue weighted by molar-refractivity contribution is 7.89. The molecule has 2 fully saturated rings. The van der Waals surface area contributed by atoms with Gasteiger partial charge in [0.15, 0.2) is 0 Å². The number of carbonyl (C=O) groups excluding carboxylic acids is 1. The third-order valence-electron chi connectivity index (χ3n) is 6.20. The van der Waals surface area contributed by atoms with Crippen LogP contribution in [0.3, 0.4) is 0 Å². The lowest BCUT2D eigenvalue weighted by molar-refractivity contribution is -0.895. The Bertz CT molecular complexity index is 1010. The molecule has 0 amide bonds. The fraction of sp³-hybridized carbons (Fsp3) is 0.500. The maximum atomic E-state index is 12.9. The molecule has 0 bridgehead atoms. The lowest BCUT2D eigenvalue weighted by Crippen LogP contribution is -3.15. The number of nitrogens with zero attached hydrogens (tertiary/aromatic N) is 2. The summed E-state index contributed by atoms with van der Waals surface area (Å²) in [6.07, 6.45) is 2.40. The number of sulfonamides is 1. The second-order valence-corrected chi connectivity index (χ2v) is 10.4. The molecule has 1 aromatic heterocycles. The summed E-state index contributed by atoms with van der Waals surface area (Å²) in [6, 6.07) is 9.58. The summed E-state index contributed by atoms with van der Waals surface area (Å²) in [6.45, 7) is 8.67. The maximum Gasteiger partial charge on any atom is 0.243 e. The number of hydrogen-bond acceptors (Lipinski definition) is 3. The number of carbonyl (C=O) groups is 1. The van der Waals surface area contributed by atoms with E-state index in [1.54, 1.807) is 16.4 Å². The van der Waals surface area contributed by atoms with E-state index >= 15 is 0 Å². The van der Waals surface area contributed by atoms with E-state index in [4.69, 9.17) is 0 Å². The molecule has 1 N–H and O–H groups in total. The van der Waals surface area contributed by atoms with Crippen molar-refractivity contribution in [2.24, 2.45) is 0 Å². The minimum Gasteiger partial charge on any atom is -0.345 e. The Kier molecular flexibility index (Phi) is 5.40. The zero-order valence-corrected chi connectivity index (χ0v) is 18.3. The van der Waals surface area contributed by atoms with Crippen LogP contribution >= 0.6 is 0 Å². The molecule has 29 heavy (non-hydrogen) atoms. The van der Waals surface area contributed by atoms with Gasteiger partial charge in [0.2, 0.25) is 15.8 Å². The monoisotopic (exact) mass is 416 g/mol. The van der Waals surface area contributed by atoms with E-state index in [9.17, 15) is 13.2 Å². The van der Waals surface area contributed by atoms with Crippen LogP contribution in [-0.4, -0.2) is 55.8 Å². The third-order valence-corrected chi connectivity index (χ3v) is 8.11. The van der Waals surface area contributed by atoms with Crippen molar-refractivity contribution in [3.8, 4) is 0 Å². The molecule has 1 saturated heterocycles. The van der Waals surface area contributed by atoms with Crippen molar-refractivity contribution in [1.82, 2.24) is 8.87 Å². The molecule has 2 aromatic rings. The van der Waals surface area contributed by atoms with Crippen LogP contribution in [0, 0.1) is 20.8 Å². The van der Waals surface area contributed by atoms with Crippen LogP contribution < -0.4 is 4.90 Å². The van der Waals surface area contributed by atoms with Gasteiger partial charge >= 0.3 is 0 Å². The number of rotatable bonds is 6. The molecule has 0 atom stereocenters. The number of aromatic nitrogens is 1. The number of aryl methyl sites for hydroxylation is 2. The highest BCUT2D eigenvalue weighted by atomic mass is 32.2. The first-order valence-corrected chi connectivity index (χ1v) is 11.8. The summed E-state index contributed by atoms with van der Waals surface area (Å²) in [7, 11) is -3.46. The van der Waals surface area contributed by atoms with Crippen molar-refractivity contribution in [3.05, 3.63) is 52.8 Å². The first-order valence-electron chi connectivity index (χ1n) is 10.4. The van der Waals surface area contributed by atoms with Gasteiger partial charge in [-0.3, -0.25) is 4.79 Å². The summed E-state index contributed by atoms with van der Waals surface area (Å²) in [5.74, 6) is 0.162. The second kappa shape index (κ2) is 7.70. The van der Waals surface area contributed by atoms with Crippen LogP contribution in [0.15, 0.2) is 35.2 Å². The number of hydrogen-bond donors (Lipinski definition) is 1. The quantitative estimate of drug-likeness (QED) is 0.727. The minimum absolute atomic E-state index is 0.162. The van der Waals surface area contributed by atoms with Crippen LogP contribution in [0.2, 0.25) is 0 Å². The normalized spacial score (nSPS) is 18.9. The van der Waals surface area contributed by atoms with Crippen LogP contribution in [0.4, 0.5) is 0 Å². The molecular weight excluding hydrogens is 386 g/mol. The van der Waals surface area contributed by atoms with Gasteiger partial charge in [-0.25, -0.2) is 8.42 Å². The largest absolute Gasteiger partial charge is 0.345 e. The van der Waals surface area contributed by atoms with Crippen molar-refractivity contribution in [2.45, 2.75) is 44.6 Å². The lowest BCUT2D eigenvalue weighted by Gasteiger charge is -2.31. The van der Waals surface area contributed by atoms with E-state index < -0.39 is 10.0 Å². The van der Waals surface area contributed by atoms with E-state index in [1.807, 2.05) is 32.0 Å². The Morgan fingerprint density at radius 3 is 2.28 bits per heavy atom. The molecule has 1 saturated carbocycles. The molecule has 0 radical (unpaired) electrons. The molecule has 1 aromatic carbocycles. The number of benzene rings is 1. The fourth-order valence-corrected chi connectivity index (χ4v) is 5.80. The number of ketones is 1. The molecule has 6 nitrogen and oxygen atoms in total. The molecule has 4 rings (SSSR count). The topological polar surface area (TPSA) is 63.8 Å². The number of Topliss-reactive ketones (excluding diaryl/α,β-unsaturated/α-hetero) is 1. The highest BCUT2D eigenvalue weighted by Gasteiger charge is 2.33. The van der Waals surface area contributed by atoms with Gasteiger partial charge in [-0.05, 0) is 51.8 Å². The van der Waals surface area contributed by atoms with Crippen molar-refractivity contribution in [3.63, 3.8) is 0 Å². The summed E-state index contributed by atoms with van der Waals surface area (Å²) in [5, 5.41) is 0. The second-order valence-electron chi connectivity index (χ2n) is 8.45. The van der Waals surface area contributed by atoms with Crippen molar-refractivity contribution in [1.29, 1.82) is 0 Å². The van der Waals surface area contributed by atoms with Crippen LogP contribution in [0.5, 0.6) is 0 Å². The van der Waals surface area contributed by atoms with Gasteiger partial charge in [-0.15, -0.1) is 0 Å². The highest BCUT2D eigenvalue weighted by Crippen LogP contribution is 2.38. The van der Waals surface area contributed by atoms with Crippen molar-refractivity contribution >= 4 is 15.8 Å². The van der Waals surface area contributed by atoms with Crippen molar-refractivity contribution in [2.75, 3.05) is 32.7 Å². The molecule has 2 aliphatic rings. The number of quaternary nitrogens is 1. The van der Waals surface area contributed by atoms with Gasteiger partial charge in [0.05, 0.1) is 31.1 Å². The Morgan fingerprint density at radius 2 is 1.69 bits per heavy atom. The lowest BCUT2D eigenvalue weighted by atomic mass is 10.1. The maximum absolute atomic E-state index is 12.9. The SMILES string of the molecule is Cc1ccc(S(=O)(=O)N2CC[NH+](CC(=O)c3cc(C)n(C4CC4)c3C)CC2)cc1. The van der Waals surface area contributed by atoms with Gasteiger partial charge < -0.3 is 9.47 Å². The Hall–Kier alpha value is -1.96. The zero-order chi connectivity index (χ0) is 20.8. The smallest absolute Gasteiger partial charge is 0.243 e. The Balaban J connectivity index is 1.38. The first kappa shape index (κ1) is 20.3. The summed E-state index contributed by atoms with van der Waals surface area (Å²) in [5.41, 5.74) is 4.11. The Morgan fingerprint density at radius 1 is 1.07 bits per heavy atom. The van der Waals surface area contributed by atoms with Gasteiger partial charge in [0, 0.05) is 23.0 Å². The van der Waals surface area contributed by atoms with E-state index in [0.717, 1.165) is 27.4 Å². The number of nitrogens with one attached hydrogen (secondary N) is 1. The van der Waals surface area contributed by atoms with E-state index in [2.05, 4.69) is 11.5 Å².